The third-order valence-electron chi connectivity index (χ3n) is 3.74. The van der Waals surface area contributed by atoms with Gasteiger partial charge in [0.1, 0.15) is 0 Å². The molecule has 1 aromatic rings. The van der Waals surface area contributed by atoms with Crippen molar-refractivity contribution in [1.29, 1.82) is 0 Å². The number of hydrogen-bond acceptors (Lipinski definition) is 2. The largest absolute Gasteiger partial charge is 0.396 e. The lowest BCUT2D eigenvalue weighted by Gasteiger charge is -2.28. The van der Waals surface area contributed by atoms with Crippen molar-refractivity contribution in [2.24, 2.45) is 5.92 Å². The summed E-state index contributed by atoms with van der Waals surface area (Å²) in [6.45, 7) is 8.88. The summed E-state index contributed by atoms with van der Waals surface area (Å²) in [7, 11) is 0. The molecule has 4 atom stereocenters. The average Bonchev–Trinajstić information content (AvgIpc) is 2.37. The van der Waals surface area contributed by atoms with Gasteiger partial charge in [-0.2, -0.15) is 0 Å². The van der Waals surface area contributed by atoms with Crippen LogP contribution >= 0.6 is 0 Å². The van der Waals surface area contributed by atoms with Crippen molar-refractivity contribution in [3.8, 4) is 0 Å². The summed E-state index contributed by atoms with van der Waals surface area (Å²) < 4.78 is 0. The van der Waals surface area contributed by atoms with E-state index in [9.17, 15) is 0 Å². The highest BCUT2D eigenvalue weighted by molar-refractivity contribution is 5.20. The molecule has 2 N–H and O–H groups in total. The second-order valence-corrected chi connectivity index (χ2v) is 5.10. The second-order valence-electron chi connectivity index (χ2n) is 5.10. The van der Waals surface area contributed by atoms with Crippen LogP contribution in [0.5, 0.6) is 0 Å². The molecule has 0 fully saturated rings. The Labute approximate surface area is 105 Å². The van der Waals surface area contributed by atoms with Crippen LogP contribution < -0.4 is 5.32 Å². The Hall–Kier alpha value is -0.860. The summed E-state index contributed by atoms with van der Waals surface area (Å²) in [5.74, 6) is 0.768. The van der Waals surface area contributed by atoms with E-state index in [1.807, 2.05) is 6.07 Å². The number of hydrogen-bond donors (Lipinski definition) is 2. The van der Waals surface area contributed by atoms with Crippen LogP contribution in [0.25, 0.3) is 0 Å². The van der Waals surface area contributed by atoms with Crippen LogP contribution in [0.3, 0.4) is 0 Å². The van der Waals surface area contributed by atoms with Crippen LogP contribution in [0, 0.1) is 5.92 Å². The van der Waals surface area contributed by atoms with Crippen LogP contribution in [0.1, 0.15) is 39.2 Å². The average molecular weight is 235 g/mol. The molecular weight excluding hydrogens is 210 g/mol. The molecule has 2 heteroatoms. The number of nitrogens with one attached hydrogen (secondary N) is 1. The first-order chi connectivity index (χ1) is 8.06. The number of benzene rings is 1. The van der Waals surface area contributed by atoms with Gasteiger partial charge in [-0.25, -0.2) is 0 Å². The van der Waals surface area contributed by atoms with Crippen molar-refractivity contribution >= 4 is 0 Å². The summed E-state index contributed by atoms with van der Waals surface area (Å²) in [5.41, 5.74) is 1.36. The van der Waals surface area contributed by atoms with Gasteiger partial charge in [0.25, 0.3) is 0 Å². The molecule has 0 bridgehead atoms. The zero-order valence-electron chi connectivity index (χ0n) is 11.4. The van der Waals surface area contributed by atoms with E-state index in [1.54, 1.807) is 0 Å². The van der Waals surface area contributed by atoms with E-state index in [-0.39, 0.29) is 6.61 Å². The van der Waals surface area contributed by atoms with Crippen LogP contribution in [0.4, 0.5) is 0 Å². The zero-order chi connectivity index (χ0) is 12.8. The number of rotatable bonds is 6. The van der Waals surface area contributed by atoms with E-state index in [0.29, 0.717) is 23.9 Å². The monoisotopic (exact) mass is 235 g/mol. The molecule has 0 aromatic heterocycles. The highest BCUT2D eigenvalue weighted by Gasteiger charge is 2.18. The Morgan fingerprint density at radius 1 is 1.00 bits per heavy atom. The quantitative estimate of drug-likeness (QED) is 0.794. The fraction of sp³-hybridized carbons (Fsp3) is 0.600. The van der Waals surface area contributed by atoms with Crippen molar-refractivity contribution in [2.45, 2.75) is 45.7 Å². The summed E-state index contributed by atoms with van der Waals surface area (Å²) in [6.07, 6.45) is 0. The molecule has 0 aliphatic rings. The molecule has 17 heavy (non-hydrogen) atoms. The lowest BCUT2D eigenvalue weighted by Crippen LogP contribution is -2.42. The van der Waals surface area contributed by atoms with Crippen LogP contribution in [0.2, 0.25) is 0 Å². The van der Waals surface area contributed by atoms with Gasteiger partial charge in [-0.05, 0) is 31.2 Å². The van der Waals surface area contributed by atoms with Crippen molar-refractivity contribution in [1.82, 2.24) is 5.32 Å². The van der Waals surface area contributed by atoms with E-state index in [0.717, 1.165) is 0 Å². The summed E-state index contributed by atoms with van der Waals surface area (Å²) in [4.78, 5) is 0. The highest BCUT2D eigenvalue weighted by atomic mass is 16.3. The fourth-order valence-electron chi connectivity index (χ4n) is 1.93. The van der Waals surface area contributed by atoms with Crippen molar-refractivity contribution < 1.29 is 5.11 Å². The molecule has 0 heterocycles. The van der Waals surface area contributed by atoms with Crippen molar-refractivity contribution in [3.05, 3.63) is 35.9 Å². The predicted octanol–water partition coefficient (Wildman–Crippen LogP) is 2.79. The highest BCUT2D eigenvalue weighted by Crippen LogP contribution is 2.19. The van der Waals surface area contributed by atoms with E-state index in [2.05, 4.69) is 57.3 Å². The molecule has 0 aliphatic carbocycles. The molecule has 0 amide bonds. The molecule has 96 valence electrons. The van der Waals surface area contributed by atoms with Crippen molar-refractivity contribution in [2.75, 3.05) is 6.61 Å². The Morgan fingerprint density at radius 2 is 1.59 bits per heavy atom. The van der Waals surface area contributed by atoms with E-state index in [4.69, 9.17) is 5.11 Å². The minimum Gasteiger partial charge on any atom is -0.396 e. The predicted molar refractivity (Wildman–Crippen MR) is 73.2 cm³/mol. The summed E-state index contributed by atoms with van der Waals surface area (Å²) in [5, 5.41) is 12.7. The maximum atomic E-state index is 9.13. The molecule has 0 saturated carbocycles. The summed E-state index contributed by atoms with van der Waals surface area (Å²) in [6, 6.07) is 11.3. The first kappa shape index (κ1) is 14.2. The summed E-state index contributed by atoms with van der Waals surface area (Å²) >= 11 is 0. The molecule has 1 rings (SSSR count). The molecule has 4 unspecified atom stereocenters. The molecule has 1 aromatic carbocycles. The first-order valence-corrected chi connectivity index (χ1v) is 6.48. The fourth-order valence-corrected chi connectivity index (χ4v) is 1.93. The lowest BCUT2D eigenvalue weighted by atomic mass is 9.93. The normalized spacial score (nSPS) is 18.4. The second kappa shape index (κ2) is 6.77. The molecule has 0 saturated heterocycles. The molecular formula is C15H25NO. The third-order valence-corrected chi connectivity index (χ3v) is 3.74. The van der Waals surface area contributed by atoms with E-state index >= 15 is 0 Å². The third kappa shape index (κ3) is 4.14. The smallest absolute Gasteiger partial charge is 0.0471 e. The zero-order valence-corrected chi connectivity index (χ0v) is 11.4. The van der Waals surface area contributed by atoms with Gasteiger partial charge in [-0.1, -0.05) is 44.2 Å². The minimum atomic E-state index is 0.237. The minimum absolute atomic E-state index is 0.237. The van der Waals surface area contributed by atoms with Gasteiger partial charge in [-0.15, -0.1) is 0 Å². The van der Waals surface area contributed by atoms with Crippen molar-refractivity contribution in [3.63, 3.8) is 0 Å². The standard InChI is InChI=1S/C15H25NO/c1-11(10-17)13(3)16-14(4)12(2)15-8-6-5-7-9-15/h5-9,11-14,16-17H,10H2,1-4H3. The maximum Gasteiger partial charge on any atom is 0.0471 e. The Morgan fingerprint density at radius 3 is 2.12 bits per heavy atom. The number of aliphatic hydroxyl groups is 1. The lowest BCUT2D eigenvalue weighted by molar-refractivity contribution is 0.199. The van der Waals surface area contributed by atoms with Crippen LogP contribution in [0.15, 0.2) is 30.3 Å². The van der Waals surface area contributed by atoms with Gasteiger partial charge in [0, 0.05) is 18.7 Å². The molecule has 0 spiro atoms. The Bertz CT molecular complexity index is 312. The van der Waals surface area contributed by atoms with Gasteiger partial charge in [0.15, 0.2) is 0 Å². The Kier molecular flexibility index (Phi) is 5.66. The SMILES string of the molecule is CC(CO)C(C)NC(C)C(C)c1ccccc1. The topological polar surface area (TPSA) is 32.3 Å². The van der Waals surface area contributed by atoms with Gasteiger partial charge >= 0.3 is 0 Å². The Balaban J connectivity index is 2.56. The number of aliphatic hydroxyl groups excluding tert-OH is 1. The van der Waals surface area contributed by atoms with Gasteiger partial charge in [0.2, 0.25) is 0 Å². The van der Waals surface area contributed by atoms with Gasteiger partial charge in [-0.3, -0.25) is 0 Å². The molecule has 2 nitrogen and oxygen atoms in total. The van der Waals surface area contributed by atoms with Gasteiger partial charge in [0.05, 0.1) is 0 Å². The molecule has 0 aliphatic heterocycles. The maximum absolute atomic E-state index is 9.13. The van der Waals surface area contributed by atoms with Crippen LogP contribution in [-0.2, 0) is 0 Å². The van der Waals surface area contributed by atoms with Crippen LogP contribution in [-0.4, -0.2) is 23.8 Å². The molecule has 0 radical (unpaired) electrons. The van der Waals surface area contributed by atoms with Gasteiger partial charge < -0.3 is 10.4 Å². The first-order valence-electron chi connectivity index (χ1n) is 6.48. The van der Waals surface area contributed by atoms with E-state index in [1.165, 1.54) is 5.56 Å². The van der Waals surface area contributed by atoms with E-state index < -0.39 is 0 Å².